The molecule has 8 heteroatoms. The van der Waals surface area contributed by atoms with E-state index >= 15 is 0 Å². The molecule has 0 aromatic carbocycles. The Morgan fingerprint density at radius 3 is 2.26 bits per heavy atom. The lowest BCUT2D eigenvalue weighted by atomic mass is 9.43. The van der Waals surface area contributed by atoms with Crippen LogP contribution in [0, 0.1) is 29.1 Å². The quantitative estimate of drug-likeness (QED) is 0.193. The van der Waals surface area contributed by atoms with E-state index in [4.69, 9.17) is 15.0 Å². The number of Topliss-reactive ketones (excluding diaryl/α,β-unsaturated/α-hetero) is 1. The smallest absolute Gasteiger partial charge is 0.404 e. The van der Waals surface area contributed by atoms with E-state index in [0.29, 0.717) is 30.6 Å². The summed E-state index contributed by atoms with van der Waals surface area (Å²) in [7, 11) is -0.538. The van der Waals surface area contributed by atoms with Crippen molar-refractivity contribution in [1.29, 1.82) is 0 Å². The van der Waals surface area contributed by atoms with Crippen molar-refractivity contribution in [2.24, 2.45) is 34.8 Å². The minimum Gasteiger partial charge on any atom is -0.404 e. The van der Waals surface area contributed by atoms with Crippen LogP contribution in [0.25, 0.3) is 0 Å². The largest absolute Gasteiger partial charge is 0.481 e. The monoisotopic (exact) mass is 532 g/mol. The van der Waals surface area contributed by atoms with Gasteiger partial charge in [-0.1, -0.05) is 73.1 Å². The highest BCUT2D eigenvalue weighted by Gasteiger charge is 2.68. The molecule has 0 aromatic rings. The van der Waals surface area contributed by atoms with E-state index in [1.54, 1.807) is 0 Å². The number of nitrogens with one attached hydrogen (secondary N) is 1. The molecule has 1 aliphatic heterocycles. The number of carbonyl (C=O) groups excluding carboxylic acids is 3. The van der Waals surface area contributed by atoms with Gasteiger partial charge in [0.25, 0.3) is 0 Å². The third-order valence-corrected chi connectivity index (χ3v) is 9.70. The predicted octanol–water partition coefficient (Wildman–Crippen LogP) is 5.38. The summed E-state index contributed by atoms with van der Waals surface area (Å²) in [6.07, 6.45) is 11.1. The number of nitrogens with two attached hydrogens (primary N) is 1. The first-order chi connectivity index (χ1) is 17.9. The fourth-order valence-corrected chi connectivity index (χ4v) is 7.27. The molecule has 7 nitrogen and oxygen atoms in total. The first kappa shape index (κ1) is 31.1. The average molecular weight is 533 g/mol. The fourth-order valence-electron chi connectivity index (χ4n) is 7.27. The Morgan fingerprint density at radius 1 is 1.00 bits per heavy atom. The highest BCUT2D eigenvalue weighted by atomic mass is 16.7. The zero-order valence-corrected chi connectivity index (χ0v) is 24.9. The summed E-state index contributed by atoms with van der Waals surface area (Å²) in [4.78, 5) is 38.0. The maximum absolute atomic E-state index is 13.4. The van der Waals surface area contributed by atoms with Gasteiger partial charge in [0.2, 0.25) is 11.8 Å². The molecule has 2 amide bonds. The zero-order chi connectivity index (χ0) is 28.1. The molecule has 3 N–H and O–H groups in total. The third kappa shape index (κ3) is 7.41. The van der Waals surface area contributed by atoms with Gasteiger partial charge >= 0.3 is 7.12 Å². The van der Waals surface area contributed by atoms with Gasteiger partial charge in [-0.3, -0.25) is 14.4 Å². The van der Waals surface area contributed by atoms with E-state index in [0.717, 1.165) is 25.7 Å². The minimum absolute atomic E-state index is 0.0225. The van der Waals surface area contributed by atoms with E-state index in [-0.39, 0.29) is 47.6 Å². The van der Waals surface area contributed by atoms with Gasteiger partial charge in [-0.05, 0) is 55.8 Å². The van der Waals surface area contributed by atoms with E-state index in [1.807, 2.05) is 0 Å². The molecular formula is C30H53BN2O5. The molecule has 3 saturated carbocycles. The van der Waals surface area contributed by atoms with Gasteiger partial charge in [-0.15, -0.1) is 0 Å². The molecule has 38 heavy (non-hydrogen) atoms. The first-order valence-electron chi connectivity index (χ1n) is 15.3. The van der Waals surface area contributed by atoms with Crippen LogP contribution in [0.2, 0.25) is 0 Å². The predicted molar refractivity (Wildman–Crippen MR) is 151 cm³/mol. The number of primary amides is 1. The Bertz CT molecular complexity index is 833. The van der Waals surface area contributed by atoms with Crippen LogP contribution in [0.3, 0.4) is 0 Å². The molecule has 1 heterocycles. The van der Waals surface area contributed by atoms with Crippen molar-refractivity contribution in [2.75, 3.05) is 0 Å². The zero-order valence-electron chi connectivity index (χ0n) is 24.9. The minimum atomic E-state index is -0.759. The lowest BCUT2D eigenvalue weighted by molar-refractivity contribution is -0.199. The lowest BCUT2D eigenvalue weighted by Gasteiger charge is -2.64. The summed E-state index contributed by atoms with van der Waals surface area (Å²) >= 11 is 0. The van der Waals surface area contributed by atoms with Crippen LogP contribution < -0.4 is 11.1 Å². The molecule has 216 valence electrons. The number of hydrogen-bond donors (Lipinski definition) is 2. The van der Waals surface area contributed by atoms with Crippen LogP contribution in [0.1, 0.15) is 125 Å². The SMILES string of the molecule is CCCCCCCCCC(=O)C[C@@H](CC(N)=O)C(=O)N[C@@H](CC(C)C)B1O[C@@H]2C[C@H]3C[C@H](C3(C)C)[C@]2(C)O1. The fraction of sp³-hybridized carbons (Fsp3) is 0.900. The van der Waals surface area contributed by atoms with Gasteiger partial charge < -0.3 is 20.4 Å². The summed E-state index contributed by atoms with van der Waals surface area (Å²) in [5, 5.41) is 3.12. The van der Waals surface area contributed by atoms with Crippen LogP contribution >= 0.6 is 0 Å². The van der Waals surface area contributed by atoms with Crippen molar-refractivity contribution < 1.29 is 23.7 Å². The van der Waals surface area contributed by atoms with Crippen molar-refractivity contribution in [3.05, 3.63) is 0 Å². The maximum Gasteiger partial charge on any atom is 0.481 e. The Kier molecular flexibility index (Phi) is 10.9. The Hall–Kier alpha value is -1.41. The molecule has 0 spiro atoms. The molecule has 0 unspecified atom stereocenters. The molecule has 0 aromatic heterocycles. The van der Waals surface area contributed by atoms with Crippen LogP contribution in [-0.2, 0) is 23.7 Å². The summed E-state index contributed by atoms with van der Waals surface area (Å²) < 4.78 is 13.1. The summed E-state index contributed by atoms with van der Waals surface area (Å²) in [6.45, 7) is 13.2. The Balaban J connectivity index is 1.58. The summed E-state index contributed by atoms with van der Waals surface area (Å²) in [5.74, 6) is -0.568. The average Bonchev–Trinajstić information content (AvgIpc) is 3.19. The molecule has 2 bridgehead atoms. The topological polar surface area (TPSA) is 108 Å². The molecule has 0 radical (unpaired) electrons. The normalized spacial score (nSPS) is 28.9. The highest BCUT2D eigenvalue weighted by Crippen LogP contribution is 2.65. The molecule has 6 atom stereocenters. The number of rotatable bonds is 17. The van der Waals surface area contributed by atoms with Crippen LogP contribution in [0.5, 0.6) is 0 Å². The van der Waals surface area contributed by atoms with Gasteiger partial charge in [-0.2, -0.15) is 0 Å². The van der Waals surface area contributed by atoms with Crippen molar-refractivity contribution in [1.82, 2.24) is 5.32 Å². The van der Waals surface area contributed by atoms with Crippen molar-refractivity contribution in [3.8, 4) is 0 Å². The van der Waals surface area contributed by atoms with Crippen molar-refractivity contribution in [2.45, 2.75) is 143 Å². The van der Waals surface area contributed by atoms with Crippen LogP contribution in [0.15, 0.2) is 0 Å². The lowest BCUT2D eigenvalue weighted by Crippen LogP contribution is -2.65. The second-order valence-electron chi connectivity index (χ2n) is 13.6. The van der Waals surface area contributed by atoms with Gasteiger partial charge in [-0.25, -0.2) is 0 Å². The number of unbranched alkanes of at least 4 members (excludes halogenated alkanes) is 6. The Labute approximate surface area is 231 Å². The maximum atomic E-state index is 13.4. The van der Waals surface area contributed by atoms with E-state index in [9.17, 15) is 14.4 Å². The number of carbonyl (C=O) groups is 3. The number of amides is 2. The van der Waals surface area contributed by atoms with Crippen molar-refractivity contribution >= 4 is 24.7 Å². The highest BCUT2D eigenvalue weighted by molar-refractivity contribution is 6.47. The number of ketones is 1. The molecule has 4 aliphatic rings. The van der Waals surface area contributed by atoms with Crippen LogP contribution in [-0.4, -0.2) is 42.4 Å². The Morgan fingerprint density at radius 2 is 1.66 bits per heavy atom. The molecule has 4 rings (SSSR count). The molecular weight excluding hydrogens is 479 g/mol. The van der Waals surface area contributed by atoms with E-state index in [2.05, 4.69) is 46.9 Å². The standard InChI is InChI=1S/C30H53BN2O5/c1-7-8-9-10-11-12-13-14-23(34)16-21(17-27(32)35)28(36)33-26(15-20(2)3)31-37-25-19-22-18-24(29(22,4)5)30(25,6)38-31/h20-22,24-26H,7-19H2,1-6H3,(H2,32,35)(H,33,36)/t21-,22+,24+,25+,26-,30-/m0/s1. The second-order valence-corrected chi connectivity index (χ2v) is 13.6. The summed E-state index contributed by atoms with van der Waals surface area (Å²) in [6, 6.07) is 0. The van der Waals surface area contributed by atoms with Crippen molar-refractivity contribution in [3.63, 3.8) is 0 Å². The van der Waals surface area contributed by atoms with E-state index in [1.165, 1.54) is 32.1 Å². The van der Waals surface area contributed by atoms with Gasteiger partial charge in [0, 0.05) is 19.3 Å². The van der Waals surface area contributed by atoms with Gasteiger partial charge in [0.05, 0.1) is 23.6 Å². The van der Waals surface area contributed by atoms with Gasteiger partial charge in [0.15, 0.2) is 0 Å². The van der Waals surface area contributed by atoms with E-state index < -0.39 is 18.9 Å². The molecule has 1 saturated heterocycles. The first-order valence-corrected chi connectivity index (χ1v) is 15.3. The van der Waals surface area contributed by atoms with Crippen LogP contribution in [0.4, 0.5) is 0 Å². The van der Waals surface area contributed by atoms with Gasteiger partial charge in [0.1, 0.15) is 5.78 Å². The number of hydrogen-bond acceptors (Lipinski definition) is 5. The summed E-state index contributed by atoms with van der Waals surface area (Å²) in [5.41, 5.74) is 5.36. The third-order valence-electron chi connectivity index (χ3n) is 9.70. The second kappa shape index (κ2) is 13.3. The molecule has 4 fully saturated rings. The molecule has 3 aliphatic carbocycles.